The fourth-order valence-corrected chi connectivity index (χ4v) is 4.23. The van der Waals surface area contributed by atoms with Crippen LogP contribution in [-0.4, -0.2) is 7.11 Å². The van der Waals surface area contributed by atoms with Crippen molar-refractivity contribution in [1.82, 2.24) is 0 Å². The Bertz CT molecular complexity index is 1210. The summed E-state index contributed by atoms with van der Waals surface area (Å²) in [5.41, 5.74) is 2.77. The van der Waals surface area contributed by atoms with Crippen LogP contribution in [0.15, 0.2) is 57.5 Å². The Morgan fingerprint density at radius 3 is 2.45 bits per heavy atom. The molecule has 0 aliphatic heterocycles. The van der Waals surface area contributed by atoms with Gasteiger partial charge in [0.1, 0.15) is 6.61 Å². The third-order valence-corrected chi connectivity index (χ3v) is 7.42. The molecule has 0 saturated carbocycles. The van der Waals surface area contributed by atoms with Gasteiger partial charge in [-0.05, 0) is 85.0 Å². The second-order valence-corrected chi connectivity index (χ2v) is 9.18. The summed E-state index contributed by atoms with van der Waals surface area (Å²) in [6.45, 7) is 0.263. The van der Waals surface area contributed by atoms with Gasteiger partial charge in [-0.25, -0.2) is 0 Å². The largest absolute Gasteiger partial charge is 0.493 e. The minimum Gasteiger partial charge on any atom is -0.493 e. The summed E-state index contributed by atoms with van der Waals surface area (Å²) in [5, 5.41) is 11.2. The van der Waals surface area contributed by atoms with Crippen LogP contribution in [0.1, 0.15) is 16.7 Å². The molecular formula is C23H14Br2Cl3NO2. The highest BCUT2D eigenvalue weighted by Gasteiger charge is 2.17. The van der Waals surface area contributed by atoms with E-state index < -0.39 is 0 Å². The van der Waals surface area contributed by atoms with Crippen LogP contribution in [0.5, 0.6) is 11.5 Å². The minimum absolute atomic E-state index is 0.263. The molecule has 0 bridgehead atoms. The molecule has 0 spiro atoms. The summed E-state index contributed by atoms with van der Waals surface area (Å²) >= 11 is 25.3. The molecule has 0 atom stereocenters. The number of hydrogen-bond donors (Lipinski definition) is 0. The molecule has 0 saturated heterocycles. The maximum Gasteiger partial charge on any atom is 0.177 e. The first-order valence-electron chi connectivity index (χ1n) is 8.84. The Labute approximate surface area is 212 Å². The third kappa shape index (κ3) is 5.77. The number of methoxy groups -OCH3 is 1. The van der Waals surface area contributed by atoms with E-state index in [9.17, 15) is 5.26 Å². The highest BCUT2D eigenvalue weighted by atomic mass is 79.9. The molecule has 0 heterocycles. The zero-order valence-electron chi connectivity index (χ0n) is 16.1. The number of nitriles is 1. The summed E-state index contributed by atoms with van der Waals surface area (Å²) in [4.78, 5) is 0. The Kier molecular flexibility index (Phi) is 8.32. The van der Waals surface area contributed by atoms with Gasteiger partial charge < -0.3 is 9.47 Å². The molecule has 0 radical (unpaired) electrons. The van der Waals surface area contributed by atoms with Crippen molar-refractivity contribution in [2.45, 2.75) is 6.61 Å². The summed E-state index contributed by atoms with van der Waals surface area (Å²) in [5.74, 6) is 1.02. The van der Waals surface area contributed by atoms with Crippen molar-refractivity contribution in [2.75, 3.05) is 7.11 Å². The van der Waals surface area contributed by atoms with Crippen LogP contribution >= 0.6 is 66.7 Å². The highest BCUT2D eigenvalue weighted by molar-refractivity contribution is 9.13. The molecule has 0 unspecified atom stereocenters. The zero-order chi connectivity index (χ0) is 22.5. The average Bonchev–Trinajstić information content (AvgIpc) is 2.76. The lowest BCUT2D eigenvalue weighted by Gasteiger charge is -2.16. The highest BCUT2D eigenvalue weighted by Crippen LogP contribution is 2.44. The van der Waals surface area contributed by atoms with E-state index in [0.717, 1.165) is 16.7 Å². The van der Waals surface area contributed by atoms with Gasteiger partial charge in [-0.3, -0.25) is 0 Å². The van der Waals surface area contributed by atoms with Crippen LogP contribution in [0.4, 0.5) is 0 Å². The molecule has 0 N–H and O–H groups in total. The topological polar surface area (TPSA) is 42.2 Å². The van der Waals surface area contributed by atoms with Crippen LogP contribution < -0.4 is 9.47 Å². The smallest absolute Gasteiger partial charge is 0.177 e. The van der Waals surface area contributed by atoms with Gasteiger partial charge in [0.2, 0.25) is 0 Å². The molecular weight excluding hydrogens is 588 g/mol. The predicted molar refractivity (Wildman–Crippen MR) is 134 cm³/mol. The molecule has 31 heavy (non-hydrogen) atoms. The second kappa shape index (κ2) is 10.8. The van der Waals surface area contributed by atoms with Gasteiger partial charge in [-0.15, -0.1) is 0 Å². The van der Waals surface area contributed by atoms with E-state index in [1.165, 1.54) is 0 Å². The lowest BCUT2D eigenvalue weighted by molar-refractivity contribution is 0.282. The zero-order valence-corrected chi connectivity index (χ0v) is 21.5. The molecule has 3 nitrogen and oxygen atoms in total. The van der Waals surface area contributed by atoms with Crippen LogP contribution in [0.25, 0.3) is 11.6 Å². The van der Waals surface area contributed by atoms with E-state index in [-0.39, 0.29) is 6.61 Å². The van der Waals surface area contributed by atoms with E-state index in [4.69, 9.17) is 44.3 Å². The van der Waals surface area contributed by atoms with Gasteiger partial charge in [0.05, 0.1) is 33.3 Å². The number of ether oxygens (including phenoxy) is 2. The van der Waals surface area contributed by atoms with Crippen molar-refractivity contribution in [3.63, 3.8) is 0 Å². The molecule has 0 amide bonds. The number of halogens is 5. The molecule has 3 aromatic rings. The minimum atomic E-state index is 0.263. The van der Waals surface area contributed by atoms with Crippen LogP contribution in [0, 0.1) is 11.3 Å². The van der Waals surface area contributed by atoms with Crippen molar-refractivity contribution in [3.8, 4) is 17.6 Å². The predicted octanol–water partition coefficient (Wildman–Crippen LogP) is 8.82. The van der Waals surface area contributed by atoms with Crippen LogP contribution in [0.3, 0.4) is 0 Å². The molecule has 8 heteroatoms. The van der Waals surface area contributed by atoms with Gasteiger partial charge in [0.25, 0.3) is 0 Å². The fraction of sp³-hybridized carbons (Fsp3) is 0.0870. The first kappa shape index (κ1) is 24.0. The maximum absolute atomic E-state index is 9.66. The normalized spacial score (nSPS) is 11.2. The Morgan fingerprint density at radius 2 is 1.81 bits per heavy atom. The Morgan fingerprint density at radius 1 is 1.03 bits per heavy atom. The van der Waals surface area contributed by atoms with Crippen molar-refractivity contribution in [2.24, 2.45) is 0 Å². The summed E-state index contributed by atoms with van der Waals surface area (Å²) in [6, 6.07) is 16.5. The van der Waals surface area contributed by atoms with Crippen LogP contribution in [0.2, 0.25) is 15.1 Å². The lowest BCUT2D eigenvalue weighted by atomic mass is 10.0. The fourth-order valence-electron chi connectivity index (χ4n) is 2.77. The Hall–Kier alpha value is -1.68. The quantitative estimate of drug-likeness (QED) is 0.209. The number of rotatable bonds is 6. The van der Waals surface area contributed by atoms with E-state index >= 15 is 0 Å². The van der Waals surface area contributed by atoms with E-state index in [1.54, 1.807) is 49.6 Å². The third-order valence-electron chi connectivity index (χ3n) is 4.30. The molecule has 0 aromatic heterocycles. The van der Waals surface area contributed by atoms with Gasteiger partial charge in [0, 0.05) is 9.50 Å². The number of allylic oxidation sites excluding steroid dienone is 1. The monoisotopic (exact) mass is 599 g/mol. The lowest BCUT2D eigenvalue weighted by Crippen LogP contribution is -2.00. The first-order valence-corrected chi connectivity index (χ1v) is 11.6. The second-order valence-electron chi connectivity index (χ2n) is 6.34. The van der Waals surface area contributed by atoms with Gasteiger partial charge in [0.15, 0.2) is 11.5 Å². The molecule has 3 rings (SSSR count). The summed E-state index contributed by atoms with van der Waals surface area (Å²) in [6.07, 6.45) is 1.76. The molecule has 3 aromatic carbocycles. The van der Waals surface area contributed by atoms with Gasteiger partial charge >= 0.3 is 0 Å². The van der Waals surface area contributed by atoms with Gasteiger partial charge in [-0.1, -0.05) is 53.0 Å². The molecule has 0 fully saturated rings. The average molecular weight is 603 g/mol. The van der Waals surface area contributed by atoms with E-state index in [0.29, 0.717) is 41.1 Å². The van der Waals surface area contributed by atoms with Crippen molar-refractivity contribution < 1.29 is 9.47 Å². The van der Waals surface area contributed by atoms with Gasteiger partial charge in [-0.2, -0.15) is 5.26 Å². The Balaban J connectivity index is 1.97. The number of nitrogens with zero attached hydrogens (tertiary/aromatic N) is 1. The van der Waals surface area contributed by atoms with Crippen molar-refractivity contribution >= 4 is 78.3 Å². The summed E-state index contributed by atoms with van der Waals surface area (Å²) in [7, 11) is 1.55. The van der Waals surface area contributed by atoms with Crippen LogP contribution in [-0.2, 0) is 6.61 Å². The van der Waals surface area contributed by atoms with Crippen molar-refractivity contribution in [1.29, 1.82) is 5.26 Å². The number of hydrogen-bond acceptors (Lipinski definition) is 3. The summed E-state index contributed by atoms with van der Waals surface area (Å²) < 4.78 is 12.9. The SMILES string of the molecule is COc1cc(/C=C(/C#N)c2cccc(Cl)c2)c(Br)c(Br)c1OCc1ccc(Cl)c(Cl)c1. The van der Waals surface area contributed by atoms with E-state index in [1.807, 2.05) is 12.1 Å². The standard InChI is InChI=1S/C23H14Br2Cl3NO2/c1-30-20-10-15(8-16(11-29)14-3-2-4-17(26)9-14)21(24)22(25)23(20)31-12-13-5-6-18(27)19(28)7-13/h2-10H,12H2,1H3/b16-8-. The molecule has 0 aliphatic carbocycles. The molecule has 0 aliphatic rings. The number of benzene rings is 3. The van der Waals surface area contributed by atoms with Crippen molar-refractivity contribution in [3.05, 3.63) is 89.2 Å². The maximum atomic E-state index is 9.66. The first-order chi connectivity index (χ1) is 14.8. The molecule has 158 valence electrons. The van der Waals surface area contributed by atoms with E-state index in [2.05, 4.69) is 37.9 Å².